The third kappa shape index (κ3) is 2.90. The van der Waals surface area contributed by atoms with E-state index in [2.05, 4.69) is 62.9 Å². The summed E-state index contributed by atoms with van der Waals surface area (Å²) in [4.78, 5) is 2.60. The molecule has 0 amide bonds. The van der Waals surface area contributed by atoms with Crippen LogP contribution in [0.15, 0.2) is 30.3 Å². The van der Waals surface area contributed by atoms with E-state index in [9.17, 15) is 0 Å². The summed E-state index contributed by atoms with van der Waals surface area (Å²) in [5.74, 6) is 0. The zero-order valence-electron chi connectivity index (χ0n) is 11.0. The number of benzene rings is 1. The predicted molar refractivity (Wildman–Crippen MR) is 78.1 cm³/mol. The molecule has 1 aliphatic rings. The molecule has 1 aliphatic heterocycles. The van der Waals surface area contributed by atoms with Gasteiger partial charge in [-0.2, -0.15) is 0 Å². The summed E-state index contributed by atoms with van der Waals surface area (Å²) in [5, 5.41) is 0. The van der Waals surface area contributed by atoms with Crippen LogP contribution < -0.4 is 4.90 Å². The van der Waals surface area contributed by atoms with E-state index in [0.717, 1.165) is 0 Å². The van der Waals surface area contributed by atoms with Crippen LogP contribution in [0.4, 0.5) is 5.69 Å². The number of rotatable bonds is 1. The second-order valence-electron chi connectivity index (χ2n) is 6.15. The fraction of sp³-hybridized carbons (Fsp3) is 0.600. The average molecular weight is 225 g/mol. The molecule has 0 saturated carbocycles. The molecule has 0 aliphatic carbocycles. The van der Waals surface area contributed by atoms with Crippen LogP contribution in [0, 0.1) is 0 Å². The van der Waals surface area contributed by atoms with Crippen molar-refractivity contribution in [2.24, 2.45) is 0 Å². The van der Waals surface area contributed by atoms with Crippen molar-refractivity contribution in [3.63, 3.8) is 0 Å². The molecule has 0 spiro atoms. The molecule has 2 rings (SSSR count). The Bertz CT molecular complexity index is 340. The van der Waals surface area contributed by atoms with Gasteiger partial charge in [-0.1, -0.05) is 18.2 Å². The quantitative estimate of drug-likeness (QED) is 0.660. The van der Waals surface area contributed by atoms with E-state index < -0.39 is 0 Å². The van der Waals surface area contributed by atoms with Crippen LogP contribution in [0.1, 0.15) is 47.0 Å². The van der Waals surface area contributed by atoms with Crippen LogP contribution in [0.3, 0.4) is 0 Å². The van der Waals surface area contributed by atoms with Gasteiger partial charge in [-0.05, 0) is 59.1 Å². The van der Waals surface area contributed by atoms with E-state index in [-0.39, 0.29) is 29.9 Å². The van der Waals surface area contributed by atoms with Gasteiger partial charge >= 0.3 is 18.9 Å². The number of hydrogen-bond donors (Lipinski definition) is 0. The first-order chi connectivity index (χ1) is 7.43. The zero-order valence-corrected chi connectivity index (χ0v) is 11.0. The van der Waals surface area contributed by atoms with Crippen molar-refractivity contribution < 1.29 is 0 Å². The number of anilines is 1. The molecule has 0 atom stereocenters. The molecule has 0 radical (unpaired) electrons. The number of para-hydroxylation sites is 1. The van der Waals surface area contributed by atoms with E-state index in [4.69, 9.17) is 0 Å². The van der Waals surface area contributed by atoms with E-state index in [1.165, 1.54) is 24.9 Å². The zero-order chi connectivity index (χ0) is 11.8. The van der Waals surface area contributed by atoms with E-state index in [0.29, 0.717) is 0 Å². The van der Waals surface area contributed by atoms with Crippen molar-refractivity contribution in [3.05, 3.63) is 30.3 Å². The van der Waals surface area contributed by atoms with E-state index >= 15 is 0 Å². The maximum atomic E-state index is 2.60. The maximum absolute atomic E-state index is 2.60. The fourth-order valence-electron chi connectivity index (χ4n) is 3.27. The number of hydrogen-bond acceptors (Lipinski definition) is 1. The molecule has 1 heterocycles. The molecule has 1 aromatic carbocycles. The van der Waals surface area contributed by atoms with Gasteiger partial charge in [0.1, 0.15) is 0 Å². The van der Waals surface area contributed by atoms with Crippen molar-refractivity contribution in [3.8, 4) is 0 Å². The van der Waals surface area contributed by atoms with Gasteiger partial charge in [-0.25, -0.2) is 0 Å². The summed E-state index contributed by atoms with van der Waals surface area (Å²) >= 11 is 0. The first-order valence-corrected chi connectivity index (χ1v) is 6.29. The van der Waals surface area contributed by atoms with Crippen molar-refractivity contribution in [1.29, 1.82) is 0 Å². The summed E-state index contributed by atoms with van der Waals surface area (Å²) in [5.41, 5.74) is 1.89. The van der Waals surface area contributed by atoms with Crippen LogP contribution in [-0.2, 0) is 0 Å². The van der Waals surface area contributed by atoms with Crippen LogP contribution in [0.5, 0.6) is 0 Å². The van der Waals surface area contributed by atoms with Crippen molar-refractivity contribution in [2.75, 3.05) is 4.90 Å². The Morgan fingerprint density at radius 1 is 0.882 bits per heavy atom. The summed E-state index contributed by atoms with van der Waals surface area (Å²) in [7, 11) is 0. The minimum absolute atomic E-state index is 0. The Morgan fingerprint density at radius 2 is 1.35 bits per heavy atom. The summed E-state index contributed by atoms with van der Waals surface area (Å²) in [6, 6.07) is 10.8. The van der Waals surface area contributed by atoms with Crippen molar-refractivity contribution in [1.82, 2.24) is 0 Å². The Hall–Kier alpha value is -0.383. The third-order valence-corrected chi connectivity index (χ3v) is 3.80. The van der Waals surface area contributed by atoms with Gasteiger partial charge in [0.05, 0.1) is 0 Å². The monoisotopic (exact) mass is 225 g/mol. The van der Waals surface area contributed by atoms with Gasteiger partial charge in [0.15, 0.2) is 0 Å². The third-order valence-electron chi connectivity index (χ3n) is 3.80. The Labute approximate surface area is 118 Å². The molecular formula is C15H24LiN. The Morgan fingerprint density at radius 3 is 1.82 bits per heavy atom. The van der Waals surface area contributed by atoms with Crippen LogP contribution in [0.2, 0.25) is 0 Å². The summed E-state index contributed by atoms with van der Waals surface area (Å²) in [6.07, 6.45) is 3.90. The normalized spacial score (nSPS) is 21.8. The SMILES string of the molecule is CC1(C)CCCC(C)(C)N1c1ccccc1.[LiH]. The van der Waals surface area contributed by atoms with Crippen LogP contribution in [-0.4, -0.2) is 29.9 Å². The fourth-order valence-corrected chi connectivity index (χ4v) is 3.27. The van der Waals surface area contributed by atoms with E-state index in [1.54, 1.807) is 0 Å². The second-order valence-corrected chi connectivity index (χ2v) is 6.15. The summed E-state index contributed by atoms with van der Waals surface area (Å²) in [6.45, 7) is 9.45. The van der Waals surface area contributed by atoms with Crippen LogP contribution in [0.25, 0.3) is 0 Å². The predicted octanol–water partition coefficient (Wildman–Crippen LogP) is 3.59. The van der Waals surface area contributed by atoms with Crippen molar-refractivity contribution >= 4 is 24.5 Å². The molecule has 1 saturated heterocycles. The van der Waals surface area contributed by atoms with E-state index in [1.807, 2.05) is 0 Å². The van der Waals surface area contributed by atoms with Gasteiger partial charge in [0.2, 0.25) is 0 Å². The first kappa shape index (κ1) is 14.7. The topological polar surface area (TPSA) is 3.24 Å². The van der Waals surface area contributed by atoms with Gasteiger partial charge in [0.25, 0.3) is 0 Å². The molecule has 17 heavy (non-hydrogen) atoms. The van der Waals surface area contributed by atoms with Gasteiger partial charge in [-0.15, -0.1) is 0 Å². The molecule has 0 aromatic heterocycles. The van der Waals surface area contributed by atoms with Crippen molar-refractivity contribution in [2.45, 2.75) is 58.0 Å². The number of piperidine rings is 1. The molecule has 2 heteroatoms. The minimum atomic E-state index is 0. The molecule has 0 unspecified atom stereocenters. The number of nitrogens with zero attached hydrogens (tertiary/aromatic N) is 1. The van der Waals surface area contributed by atoms with Gasteiger partial charge in [-0.3, -0.25) is 0 Å². The Kier molecular flexibility index (Phi) is 4.39. The average Bonchev–Trinajstić information content (AvgIpc) is 2.16. The molecule has 90 valence electrons. The molecule has 1 nitrogen and oxygen atoms in total. The standard InChI is InChI=1S/C15H23N.Li.H/c1-14(2)11-8-12-15(3,4)16(14)13-9-6-5-7-10-13;;/h5-7,9-10H,8,11-12H2,1-4H3;;. The molecule has 1 fully saturated rings. The van der Waals surface area contributed by atoms with Crippen LogP contribution >= 0.6 is 0 Å². The molecule has 1 aromatic rings. The van der Waals surface area contributed by atoms with Gasteiger partial charge < -0.3 is 4.90 Å². The van der Waals surface area contributed by atoms with Gasteiger partial charge in [0, 0.05) is 16.8 Å². The molecule has 0 N–H and O–H groups in total. The second kappa shape index (κ2) is 5.08. The molecular weight excluding hydrogens is 201 g/mol. The summed E-state index contributed by atoms with van der Waals surface area (Å²) < 4.78 is 0. The first-order valence-electron chi connectivity index (χ1n) is 6.29. The molecule has 0 bridgehead atoms. The Balaban J connectivity index is 0.00000144.